The highest BCUT2D eigenvalue weighted by molar-refractivity contribution is 5.92. The summed E-state index contributed by atoms with van der Waals surface area (Å²) in [6, 6.07) is 12.7. The highest BCUT2D eigenvalue weighted by Gasteiger charge is 2.31. The normalized spacial score (nSPS) is 16.5. The van der Waals surface area contributed by atoms with Gasteiger partial charge in [-0.05, 0) is 61.3 Å². The zero-order chi connectivity index (χ0) is 30.5. The molecule has 11 heteroatoms. The van der Waals surface area contributed by atoms with E-state index in [-0.39, 0.29) is 49.4 Å². The number of alkyl carbamates (subject to hydrolysis) is 1. The van der Waals surface area contributed by atoms with Gasteiger partial charge in [0.2, 0.25) is 17.7 Å². The summed E-state index contributed by atoms with van der Waals surface area (Å²) in [5.41, 5.74) is 1.62. The van der Waals surface area contributed by atoms with Crippen molar-refractivity contribution in [2.75, 3.05) is 6.54 Å². The average molecular weight is 581 g/mol. The van der Waals surface area contributed by atoms with Crippen LogP contribution in [0.3, 0.4) is 0 Å². The molecule has 1 aliphatic heterocycles. The van der Waals surface area contributed by atoms with E-state index in [0.29, 0.717) is 25.7 Å². The standard InChI is InChI=1S/C31H40N4O7/c1-20(2)16-27(30(40)33-24(18-36)17-23-14-15-32-28(23)38)34-29(39)26(13-10-21-8-11-25(37)12-9-21)35-31(41)42-19-22-6-4-3-5-7-22/h3-9,11-12,18,20,23-24,26-27,37H,10,13-17,19H2,1-2H3,(H,32,38)(H,33,40)(H,34,39)(H,35,41)/t23?,24-,26-,27-/m0/s1. The number of benzene rings is 2. The van der Waals surface area contributed by atoms with Gasteiger partial charge in [-0.3, -0.25) is 14.4 Å². The smallest absolute Gasteiger partial charge is 0.408 e. The third kappa shape index (κ3) is 10.5. The van der Waals surface area contributed by atoms with Crippen molar-refractivity contribution in [2.45, 2.75) is 70.7 Å². The Bertz CT molecular complexity index is 1200. The predicted octanol–water partition coefficient (Wildman–Crippen LogP) is 2.36. The fourth-order valence-corrected chi connectivity index (χ4v) is 4.73. The van der Waals surface area contributed by atoms with Crippen molar-refractivity contribution in [3.05, 3.63) is 65.7 Å². The van der Waals surface area contributed by atoms with Gasteiger partial charge in [0.1, 0.15) is 30.7 Å². The molecule has 5 N–H and O–H groups in total. The van der Waals surface area contributed by atoms with Gasteiger partial charge >= 0.3 is 6.09 Å². The van der Waals surface area contributed by atoms with Crippen LogP contribution in [0.2, 0.25) is 0 Å². The van der Waals surface area contributed by atoms with Gasteiger partial charge in [0, 0.05) is 12.5 Å². The molecule has 42 heavy (non-hydrogen) atoms. The van der Waals surface area contributed by atoms with E-state index in [2.05, 4.69) is 21.3 Å². The number of aryl methyl sites for hydroxylation is 1. The van der Waals surface area contributed by atoms with Crippen molar-refractivity contribution in [1.82, 2.24) is 21.3 Å². The van der Waals surface area contributed by atoms with Gasteiger partial charge in [-0.15, -0.1) is 0 Å². The van der Waals surface area contributed by atoms with E-state index in [1.165, 1.54) is 12.1 Å². The van der Waals surface area contributed by atoms with Crippen LogP contribution in [0.25, 0.3) is 0 Å². The molecule has 0 aliphatic carbocycles. The molecule has 0 saturated carbocycles. The lowest BCUT2D eigenvalue weighted by Crippen LogP contribution is -2.55. The largest absolute Gasteiger partial charge is 0.508 e. The fourth-order valence-electron chi connectivity index (χ4n) is 4.73. The first-order valence-corrected chi connectivity index (χ1v) is 14.2. The van der Waals surface area contributed by atoms with E-state index in [9.17, 15) is 29.1 Å². The second-order valence-electron chi connectivity index (χ2n) is 10.9. The van der Waals surface area contributed by atoms with E-state index in [4.69, 9.17) is 4.74 Å². The first-order valence-electron chi connectivity index (χ1n) is 14.2. The Morgan fingerprint density at radius 1 is 0.976 bits per heavy atom. The minimum atomic E-state index is -1.03. The zero-order valence-electron chi connectivity index (χ0n) is 24.0. The van der Waals surface area contributed by atoms with Crippen molar-refractivity contribution in [1.29, 1.82) is 0 Å². The number of rotatable bonds is 15. The van der Waals surface area contributed by atoms with Crippen LogP contribution in [0.4, 0.5) is 4.79 Å². The van der Waals surface area contributed by atoms with Gasteiger partial charge in [0.25, 0.3) is 0 Å². The van der Waals surface area contributed by atoms with Crippen molar-refractivity contribution in [2.24, 2.45) is 11.8 Å². The Hall–Kier alpha value is -4.41. The molecule has 0 aromatic heterocycles. The van der Waals surface area contributed by atoms with Gasteiger partial charge in [-0.25, -0.2) is 4.79 Å². The summed E-state index contributed by atoms with van der Waals surface area (Å²) in [7, 11) is 0. The number of ether oxygens (including phenoxy) is 1. The van der Waals surface area contributed by atoms with Crippen molar-refractivity contribution < 1.29 is 33.8 Å². The summed E-state index contributed by atoms with van der Waals surface area (Å²) in [6.45, 7) is 4.34. The second kappa shape index (κ2) is 16.1. The number of aldehydes is 1. The number of phenols is 1. The van der Waals surface area contributed by atoms with Gasteiger partial charge in [-0.1, -0.05) is 56.3 Å². The Morgan fingerprint density at radius 2 is 1.67 bits per heavy atom. The molecule has 0 radical (unpaired) electrons. The number of nitrogens with one attached hydrogen (secondary N) is 4. The Kier molecular flexibility index (Phi) is 12.3. The maximum absolute atomic E-state index is 13.5. The summed E-state index contributed by atoms with van der Waals surface area (Å²) in [5.74, 6) is -1.50. The fraction of sp³-hybridized carbons (Fsp3) is 0.452. The summed E-state index contributed by atoms with van der Waals surface area (Å²) in [6.07, 6.45) is 1.45. The molecule has 1 heterocycles. The maximum atomic E-state index is 13.5. The van der Waals surface area contributed by atoms with Crippen LogP contribution in [-0.4, -0.2) is 59.9 Å². The van der Waals surface area contributed by atoms with Crippen LogP contribution < -0.4 is 21.3 Å². The van der Waals surface area contributed by atoms with Gasteiger partial charge in [0.05, 0.1) is 6.04 Å². The predicted molar refractivity (Wildman–Crippen MR) is 155 cm³/mol. The quantitative estimate of drug-likeness (QED) is 0.202. The number of carbonyl (C=O) groups excluding carboxylic acids is 5. The lowest BCUT2D eigenvalue weighted by Gasteiger charge is -2.25. The van der Waals surface area contributed by atoms with Crippen molar-refractivity contribution in [3.8, 4) is 5.75 Å². The number of amides is 4. The molecule has 0 bridgehead atoms. The Balaban J connectivity index is 1.68. The molecule has 1 fully saturated rings. The molecule has 0 spiro atoms. The Labute approximate surface area is 245 Å². The zero-order valence-corrected chi connectivity index (χ0v) is 24.0. The van der Waals surface area contributed by atoms with Crippen LogP contribution in [0.1, 0.15) is 50.7 Å². The topological polar surface area (TPSA) is 163 Å². The number of phenolic OH excluding ortho intramolecular Hbond substituents is 1. The molecule has 3 rings (SSSR count). The molecular weight excluding hydrogens is 540 g/mol. The summed E-state index contributed by atoms with van der Waals surface area (Å²) >= 11 is 0. The molecule has 11 nitrogen and oxygen atoms in total. The van der Waals surface area contributed by atoms with Crippen LogP contribution in [-0.2, 0) is 36.9 Å². The van der Waals surface area contributed by atoms with E-state index in [0.717, 1.165) is 11.1 Å². The highest BCUT2D eigenvalue weighted by atomic mass is 16.5. The minimum absolute atomic E-state index is 0.0173. The van der Waals surface area contributed by atoms with Crippen LogP contribution in [0, 0.1) is 11.8 Å². The van der Waals surface area contributed by atoms with Crippen LogP contribution in [0.15, 0.2) is 54.6 Å². The third-order valence-electron chi connectivity index (χ3n) is 7.01. The summed E-state index contributed by atoms with van der Waals surface area (Å²) in [4.78, 5) is 63.1. The number of aromatic hydroxyl groups is 1. The van der Waals surface area contributed by atoms with Gasteiger partial charge < -0.3 is 35.9 Å². The monoisotopic (exact) mass is 580 g/mol. The highest BCUT2D eigenvalue weighted by Crippen LogP contribution is 2.16. The van der Waals surface area contributed by atoms with Crippen molar-refractivity contribution in [3.63, 3.8) is 0 Å². The number of hydrogen-bond donors (Lipinski definition) is 5. The first-order chi connectivity index (χ1) is 20.1. The van der Waals surface area contributed by atoms with Gasteiger partial charge in [-0.2, -0.15) is 0 Å². The van der Waals surface area contributed by atoms with E-state index in [1.807, 2.05) is 44.2 Å². The Morgan fingerprint density at radius 3 is 2.29 bits per heavy atom. The van der Waals surface area contributed by atoms with E-state index < -0.39 is 36.0 Å². The first kappa shape index (κ1) is 32.1. The summed E-state index contributed by atoms with van der Waals surface area (Å²) in [5, 5.41) is 20.3. The van der Waals surface area contributed by atoms with Gasteiger partial charge in [0.15, 0.2) is 0 Å². The molecular formula is C31H40N4O7. The maximum Gasteiger partial charge on any atom is 0.408 e. The lowest BCUT2D eigenvalue weighted by molar-refractivity contribution is -0.131. The molecule has 1 aliphatic rings. The molecule has 4 amide bonds. The molecule has 2 aromatic carbocycles. The van der Waals surface area contributed by atoms with Crippen LogP contribution >= 0.6 is 0 Å². The number of carbonyl (C=O) groups is 5. The summed E-state index contributed by atoms with van der Waals surface area (Å²) < 4.78 is 5.32. The lowest BCUT2D eigenvalue weighted by atomic mass is 9.97. The third-order valence-corrected chi connectivity index (χ3v) is 7.01. The van der Waals surface area contributed by atoms with E-state index >= 15 is 0 Å². The molecule has 1 saturated heterocycles. The molecule has 226 valence electrons. The SMILES string of the molecule is CC(C)C[C@H](NC(=O)[C@H](CCc1ccc(O)cc1)NC(=O)OCc1ccccc1)C(=O)N[C@H](C=O)CC1CCNC1=O. The second-order valence-corrected chi connectivity index (χ2v) is 10.9. The minimum Gasteiger partial charge on any atom is -0.508 e. The van der Waals surface area contributed by atoms with Crippen LogP contribution in [0.5, 0.6) is 5.75 Å². The molecule has 4 atom stereocenters. The molecule has 1 unspecified atom stereocenters. The average Bonchev–Trinajstić information content (AvgIpc) is 3.38. The van der Waals surface area contributed by atoms with E-state index in [1.54, 1.807) is 12.1 Å². The molecule has 2 aromatic rings. The van der Waals surface area contributed by atoms with Crippen molar-refractivity contribution >= 4 is 30.1 Å². The number of hydrogen-bond acceptors (Lipinski definition) is 7.